The van der Waals surface area contributed by atoms with E-state index in [1.54, 1.807) is 0 Å². The van der Waals surface area contributed by atoms with Crippen molar-refractivity contribution < 1.29 is 9.59 Å². The second-order valence-electron chi connectivity index (χ2n) is 5.26. The lowest BCUT2D eigenvalue weighted by Crippen LogP contribution is -2.03. The Kier molecular flexibility index (Phi) is 2.27. The number of carbonyl (C=O) groups is 2. The summed E-state index contributed by atoms with van der Waals surface area (Å²) in [6.45, 7) is 0. The summed E-state index contributed by atoms with van der Waals surface area (Å²) in [5, 5.41) is 0. The Bertz CT molecular complexity index is 729. The van der Waals surface area contributed by atoms with Crippen molar-refractivity contribution in [1.82, 2.24) is 0 Å². The molecule has 0 unspecified atom stereocenters. The Labute approximate surface area is 116 Å². The van der Waals surface area contributed by atoms with Gasteiger partial charge in [-0.2, -0.15) is 0 Å². The number of ketones is 2. The minimum atomic E-state index is 0.0613. The summed E-state index contributed by atoms with van der Waals surface area (Å²) in [5.41, 5.74) is 5.15. The van der Waals surface area contributed by atoms with Crippen molar-refractivity contribution in [3.8, 4) is 0 Å². The van der Waals surface area contributed by atoms with E-state index in [0.29, 0.717) is 24.0 Å². The Morgan fingerprint density at radius 1 is 0.600 bits per heavy atom. The number of Topliss-reactive ketones (excluding diaryl/α,β-unsaturated/α-hetero) is 2. The van der Waals surface area contributed by atoms with Crippen molar-refractivity contribution in [2.45, 2.75) is 12.8 Å². The van der Waals surface area contributed by atoms with E-state index in [0.717, 1.165) is 22.3 Å². The highest BCUT2D eigenvalue weighted by molar-refractivity contribution is 6.44. The molecule has 0 heterocycles. The van der Waals surface area contributed by atoms with Crippen LogP contribution in [0.1, 0.15) is 22.3 Å². The summed E-state index contributed by atoms with van der Waals surface area (Å²) in [7, 11) is 0. The maximum atomic E-state index is 12.4. The SMILES string of the molecule is O=C1Cc2ccccc2/C1=C1\C(=O)Cc2ccccc21. The van der Waals surface area contributed by atoms with Crippen molar-refractivity contribution in [3.05, 3.63) is 70.8 Å². The molecule has 0 radical (unpaired) electrons. The third kappa shape index (κ3) is 1.45. The molecule has 20 heavy (non-hydrogen) atoms. The van der Waals surface area contributed by atoms with Crippen LogP contribution in [0.5, 0.6) is 0 Å². The molecule has 0 atom stereocenters. The Hall–Kier alpha value is -2.48. The minimum absolute atomic E-state index is 0.0613. The first kappa shape index (κ1) is 11.4. The van der Waals surface area contributed by atoms with E-state index in [4.69, 9.17) is 0 Å². The number of fused-ring (bicyclic) bond motifs is 2. The molecular weight excluding hydrogens is 248 g/mol. The van der Waals surface area contributed by atoms with Gasteiger partial charge in [-0.3, -0.25) is 9.59 Å². The van der Waals surface area contributed by atoms with Gasteiger partial charge in [0, 0.05) is 24.0 Å². The summed E-state index contributed by atoms with van der Waals surface area (Å²) in [6, 6.07) is 15.5. The maximum Gasteiger partial charge on any atom is 0.168 e. The van der Waals surface area contributed by atoms with Crippen LogP contribution in [0.4, 0.5) is 0 Å². The lowest BCUT2D eigenvalue weighted by atomic mass is 9.96. The van der Waals surface area contributed by atoms with E-state index >= 15 is 0 Å². The molecule has 0 amide bonds. The maximum absolute atomic E-state index is 12.4. The highest BCUT2D eigenvalue weighted by Crippen LogP contribution is 2.40. The van der Waals surface area contributed by atoms with Gasteiger partial charge in [0.1, 0.15) is 0 Å². The molecule has 2 aliphatic rings. The number of carbonyl (C=O) groups excluding carboxylic acids is 2. The number of allylic oxidation sites excluding steroid dienone is 2. The third-order valence-electron chi connectivity index (χ3n) is 4.08. The van der Waals surface area contributed by atoms with Gasteiger partial charge in [0.25, 0.3) is 0 Å². The summed E-state index contributed by atoms with van der Waals surface area (Å²) in [4.78, 5) is 24.7. The second kappa shape index (κ2) is 4.01. The molecule has 0 bridgehead atoms. The highest BCUT2D eigenvalue weighted by atomic mass is 16.1. The first-order valence-corrected chi connectivity index (χ1v) is 6.73. The lowest BCUT2D eigenvalue weighted by Gasteiger charge is -2.05. The zero-order valence-corrected chi connectivity index (χ0v) is 10.8. The molecule has 0 saturated heterocycles. The number of rotatable bonds is 0. The average Bonchev–Trinajstić information content (AvgIpc) is 2.94. The fourth-order valence-electron chi connectivity index (χ4n) is 3.21. The molecular formula is C18H12O2. The monoisotopic (exact) mass is 260 g/mol. The largest absolute Gasteiger partial charge is 0.294 e. The van der Waals surface area contributed by atoms with Crippen molar-refractivity contribution in [2.24, 2.45) is 0 Å². The molecule has 0 N–H and O–H groups in total. The Balaban J connectivity index is 2.05. The first-order chi connectivity index (χ1) is 9.75. The van der Waals surface area contributed by atoms with Gasteiger partial charge in [-0.25, -0.2) is 0 Å². The van der Waals surface area contributed by atoms with Crippen molar-refractivity contribution in [3.63, 3.8) is 0 Å². The van der Waals surface area contributed by atoms with Gasteiger partial charge in [0.2, 0.25) is 0 Å². The van der Waals surface area contributed by atoms with Crippen LogP contribution in [-0.2, 0) is 22.4 Å². The van der Waals surface area contributed by atoms with Crippen LogP contribution in [0.25, 0.3) is 11.1 Å². The summed E-state index contributed by atoms with van der Waals surface area (Å²) in [6.07, 6.45) is 0.814. The van der Waals surface area contributed by atoms with Gasteiger partial charge >= 0.3 is 0 Å². The van der Waals surface area contributed by atoms with Gasteiger partial charge in [0.15, 0.2) is 11.6 Å². The predicted octanol–water partition coefficient (Wildman–Crippen LogP) is 2.85. The molecule has 2 aromatic carbocycles. The molecule has 4 rings (SSSR count). The zero-order chi connectivity index (χ0) is 13.7. The molecule has 0 spiro atoms. The summed E-state index contributed by atoms with van der Waals surface area (Å²) < 4.78 is 0. The molecule has 0 aromatic heterocycles. The lowest BCUT2D eigenvalue weighted by molar-refractivity contribution is -0.114. The Morgan fingerprint density at radius 2 is 1.00 bits per heavy atom. The van der Waals surface area contributed by atoms with Crippen LogP contribution >= 0.6 is 0 Å². The molecule has 96 valence electrons. The molecule has 0 aliphatic heterocycles. The third-order valence-corrected chi connectivity index (χ3v) is 4.08. The number of hydrogen-bond donors (Lipinski definition) is 0. The highest BCUT2D eigenvalue weighted by Gasteiger charge is 2.34. The summed E-state index contributed by atoms with van der Waals surface area (Å²) >= 11 is 0. The van der Waals surface area contributed by atoms with Gasteiger partial charge in [-0.15, -0.1) is 0 Å². The van der Waals surface area contributed by atoms with E-state index in [9.17, 15) is 9.59 Å². The van der Waals surface area contributed by atoms with Crippen LogP contribution in [-0.4, -0.2) is 11.6 Å². The van der Waals surface area contributed by atoms with Gasteiger partial charge < -0.3 is 0 Å². The smallest absolute Gasteiger partial charge is 0.168 e. The quantitative estimate of drug-likeness (QED) is 0.683. The zero-order valence-electron chi connectivity index (χ0n) is 10.8. The number of benzene rings is 2. The molecule has 2 aliphatic carbocycles. The molecule has 2 heteroatoms. The normalized spacial score (nSPS) is 20.2. The fraction of sp³-hybridized carbons (Fsp3) is 0.111. The molecule has 2 nitrogen and oxygen atoms in total. The Morgan fingerprint density at radius 3 is 1.45 bits per heavy atom. The van der Waals surface area contributed by atoms with Crippen LogP contribution < -0.4 is 0 Å². The summed E-state index contributed by atoms with van der Waals surface area (Å²) in [5.74, 6) is 0.123. The second-order valence-corrected chi connectivity index (χ2v) is 5.26. The molecule has 2 aromatic rings. The van der Waals surface area contributed by atoms with E-state index in [2.05, 4.69) is 0 Å². The van der Waals surface area contributed by atoms with Gasteiger partial charge in [-0.1, -0.05) is 48.5 Å². The van der Waals surface area contributed by atoms with E-state index in [-0.39, 0.29) is 11.6 Å². The van der Waals surface area contributed by atoms with Crippen LogP contribution in [0.2, 0.25) is 0 Å². The van der Waals surface area contributed by atoms with Gasteiger partial charge in [-0.05, 0) is 22.3 Å². The standard InChI is InChI=1S/C18H12O2/c19-15-9-11-5-1-3-7-13(11)17(15)18-14-8-4-2-6-12(14)10-16(18)20/h1-8H,9-10H2/b18-17+. The number of hydrogen-bond acceptors (Lipinski definition) is 2. The predicted molar refractivity (Wildman–Crippen MR) is 77.1 cm³/mol. The van der Waals surface area contributed by atoms with Gasteiger partial charge in [0.05, 0.1) is 0 Å². The topological polar surface area (TPSA) is 34.1 Å². The van der Waals surface area contributed by atoms with Crippen LogP contribution in [0.15, 0.2) is 48.5 Å². The van der Waals surface area contributed by atoms with E-state index in [1.165, 1.54) is 0 Å². The molecule has 0 saturated carbocycles. The van der Waals surface area contributed by atoms with Crippen LogP contribution in [0, 0.1) is 0 Å². The first-order valence-electron chi connectivity index (χ1n) is 6.73. The van der Waals surface area contributed by atoms with Crippen molar-refractivity contribution in [2.75, 3.05) is 0 Å². The average molecular weight is 260 g/mol. The van der Waals surface area contributed by atoms with E-state index in [1.807, 2.05) is 48.5 Å². The minimum Gasteiger partial charge on any atom is -0.294 e. The fourth-order valence-corrected chi connectivity index (χ4v) is 3.21. The van der Waals surface area contributed by atoms with Crippen molar-refractivity contribution in [1.29, 1.82) is 0 Å². The van der Waals surface area contributed by atoms with Crippen molar-refractivity contribution >= 4 is 22.7 Å². The van der Waals surface area contributed by atoms with Crippen LogP contribution in [0.3, 0.4) is 0 Å². The molecule has 0 fully saturated rings. The van der Waals surface area contributed by atoms with E-state index < -0.39 is 0 Å².